The fourth-order valence-electron chi connectivity index (χ4n) is 5.19. The Morgan fingerprint density at radius 2 is 1.52 bits per heavy atom. The van der Waals surface area contributed by atoms with Crippen LogP contribution < -0.4 is 19.7 Å². The molecule has 6 nitrogen and oxygen atoms in total. The van der Waals surface area contributed by atoms with E-state index in [1.807, 2.05) is 97.1 Å². The smallest absolute Gasteiger partial charge is 0.160 e. The van der Waals surface area contributed by atoms with Gasteiger partial charge in [-0.25, -0.2) is 4.99 Å². The Kier molecular flexibility index (Phi) is 7.97. The minimum atomic E-state index is -0.497. The molecule has 5 aromatic carbocycles. The van der Waals surface area contributed by atoms with Crippen LogP contribution >= 0.6 is 11.6 Å². The number of hydrogen-bond acceptors (Lipinski definition) is 6. The van der Waals surface area contributed by atoms with Crippen molar-refractivity contribution in [3.63, 3.8) is 0 Å². The fraction of sp³-hybridized carbons (Fsp3) is 0.114. The van der Waals surface area contributed by atoms with E-state index in [1.165, 1.54) is 0 Å². The molecule has 0 saturated carbocycles. The van der Waals surface area contributed by atoms with E-state index >= 15 is 0 Å². The van der Waals surface area contributed by atoms with Crippen molar-refractivity contribution < 1.29 is 14.6 Å². The Labute approximate surface area is 250 Å². The zero-order valence-electron chi connectivity index (χ0n) is 23.0. The molecule has 7 heteroatoms. The number of aliphatic imine (C=N–C) groups is 1. The maximum Gasteiger partial charge on any atom is 0.160 e. The first-order valence-electron chi connectivity index (χ1n) is 13.7. The van der Waals surface area contributed by atoms with Crippen molar-refractivity contribution in [2.75, 3.05) is 23.9 Å². The molecule has 1 heterocycles. The highest BCUT2D eigenvalue weighted by atomic mass is 35.5. The van der Waals surface area contributed by atoms with Gasteiger partial charge in [-0.3, -0.25) is 4.90 Å². The summed E-state index contributed by atoms with van der Waals surface area (Å²) in [7, 11) is 1.54. The maximum atomic E-state index is 10.4. The number of para-hydroxylation sites is 4. The Morgan fingerprint density at radius 1 is 0.833 bits per heavy atom. The summed E-state index contributed by atoms with van der Waals surface area (Å²) in [6, 6.07) is 41.2. The van der Waals surface area contributed by atoms with Crippen molar-refractivity contribution >= 4 is 40.2 Å². The number of aromatic hydroxyl groups is 1. The van der Waals surface area contributed by atoms with Gasteiger partial charge >= 0.3 is 0 Å². The molecule has 0 amide bonds. The molecule has 6 rings (SSSR count). The van der Waals surface area contributed by atoms with Gasteiger partial charge in [0, 0.05) is 28.6 Å². The van der Waals surface area contributed by atoms with Gasteiger partial charge in [0.2, 0.25) is 0 Å². The molecule has 2 unspecified atom stereocenters. The molecule has 1 aliphatic rings. The number of methoxy groups -OCH3 is 1. The summed E-state index contributed by atoms with van der Waals surface area (Å²) in [5.74, 6) is 1.58. The van der Waals surface area contributed by atoms with E-state index in [-0.39, 0.29) is 11.7 Å². The SMILES string of the molecule is COc1cc(C2Oc3ccccc3N=C(N(c3ccccc3)c3ccccc3)C2CNc2cccc(Cl)c2)ccc1O. The minimum absolute atomic E-state index is 0.0629. The predicted molar refractivity (Wildman–Crippen MR) is 170 cm³/mol. The van der Waals surface area contributed by atoms with Gasteiger partial charge in [0.15, 0.2) is 11.5 Å². The number of phenolic OH excluding ortho intramolecular Hbond substituents is 1. The molecule has 42 heavy (non-hydrogen) atoms. The van der Waals surface area contributed by atoms with Gasteiger partial charge in [0.1, 0.15) is 23.4 Å². The van der Waals surface area contributed by atoms with Crippen LogP contribution in [0.15, 0.2) is 132 Å². The predicted octanol–water partition coefficient (Wildman–Crippen LogP) is 8.78. The van der Waals surface area contributed by atoms with Gasteiger partial charge in [-0.15, -0.1) is 0 Å². The summed E-state index contributed by atoms with van der Waals surface area (Å²) in [4.78, 5) is 7.49. The highest BCUT2D eigenvalue weighted by molar-refractivity contribution is 6.30. The van der Waals surface area contributed by atoms with Crippen LogP contribution in [0.3, 0.4) is 0 Å². The molecule has 2 atom stereocenters. The van der Waals surface area contributed by atoms with Gasteiger partial charge < -0.3 is 19.9 Å². The van der Waals surface area contributed by atoms with Gasteiger partial charge in [-0.2, -0.15) is 0 Å². The Bertz CT molecular complexity index is 1660. The second-order valence-corrected chi connectivity index (χ2v) is 10.3. The topological polar surface area (TPSA) is 66.3 Å². The summed E-state index contributed by atoms with van der Waals surface area (Å²) >= 11 is 6.33. The van der Waals surface area contributed by atoms with Crippen LogP contribution in [0.2, 0.25) is 5.02 Å². The van der Waals surface area contributed by atoms with E-state index in [4.69, 9.17) is 26.1 Å². The highest BCUT2D eigenvalue weighted by Gasteiger charge is 2.37. The van der Waals surface area contributed by atoms with Crippen LogP contribution in [0, 0.1) is 5.92 Å². The first-order valence-corrected chi connectivity index (χ1v) is 14.1. The van der Waals surface area contributed by atoms with Gasteiger partial charge in [0.05, 0.1) is 13.0 Å². The Balaban J connectivity index is 1.56. The molecular formula is C35H30ClN3O3. The molecule has 0 spiro atoms. The van der Waals surface area contributed by atoms with Crippen molar-refractivity contribution in [1.82, 2.24) is 0 Å². The van der Waals surface area contributed by atoms with Crippen molar-refractivity contribution in [2.24, 2.45) is 10.9 Å². The molecule has 2 N–H and O–H groups in total. The molecule has 0 radical (unpaired) electrons. The first kappa shape index (κ1) is 27.2. The average molecular weight is 576 g/mol. The maximum absolute atomic E-state index is 10.4. The molecule has 0 saturated heterocycles. The van der Waals surface area contributed by atoms with E-state index in [0.717, 1.165) is 34.1 Å². The number of phenols is 1. The van der Waals surface area contributed by atoms with Gasteiger partial charge in [-0.05, 0) is 72.3 Å². The third-order valence-electron chi connectivity index (χ3n) is 7.19. The number of nitrogens with zero attached hydrogens (tertiary/aromatic N) is 2. The lowest BCUT2D eigenvalue weighted by Gasteiger charge is -2.34. The second-order valence-electron chi connectivity index (χ2n) is 9.91. The van der Waals surface area contributed by atoms with E-state index < -0.39 is 6.10 Å². The molecule has 5 aromatic rings. The summed E-state index contributed by atoms with van der Waals surface area (Å²) in [6.07, 6.45) is -0.497. The normalized spacial score (nSPS) is 15.9. The minimum Gasteiger partial charge on any atom is -0.504 e. The quantitative estimate of drug-likeness (QED) is 0.203. The molecule has 210 valence electrons. The zero-order chi connectivity index (χ0) is 28.9. The number of benzene rings is 5. The monoisotopic (exact) mass is 575 g/mol. The zero-order valence-corrected chi connectivity index (χ0v) is 23.8. The lowest BCUT2D eigenvalue weighted by Crippen LogP contribution is -2.40. The van der Waals surface area contributed by atoms with Crippen LogP contribution in [0.25, 0.3) is 0 Å². The molecule has 0 bridgehead atoms. The highest BCUT2D eigenvalue weighted by Crippen LogP contribution is 2.43. The molecular weight excluding hydrogens is 546 g/mol. The number of hydrogen-bond donors (Lipinski definition) is 2. The molecule has 0 aromatic heterocycles. The number of fused-ring (bicyclic) bond motifs is 1. The van der Waals surface area contributed by atoms with Crippen molar-refractivity contribution in [3.8, 4) is 17.2 Å². The third-order valence-corrected chi connectivity index (χ3v) is 7.43. The van der Waals surface area contributed by atoms with E-state index in [2.05, 4.69) is 34.5 Å². The van der Waals surface area contributed by atoms with Crippen molar-refractivity contribution in [3.05, 3.63) is 138 Å². The summed E-state index contributed by atoms with van der Waals surface area (Å²) in [5, 5.41) is 14.6. The standard InChI is InChI=1S/C35H30ClN3O3/c1-41-33-21-24(19-20-31(33)40)34-29(23-37-26-12-10-11-25(36)22-26)35(38-30-17-8-9-18-32(30)42-34)39(27-13-4-2-5-14-27)28-15-6-3-7-16-28/h2-22,29,34,37,40H,23H2,1H3. The summed E-state index contributed by atoms with van der Waals surface area (Å²) < 4.78 is 12.3. The van der Waals surface area contributed by atoms with Gasteiger partial charge in [0.25, 0.3) is 0 Å². The summed E-state index contributed by atoms with van der Waals surface area (Å²) in [6.45, 7) is 0.469. The van der Waals surface area contributed by atoms with Gasteiger partial charge in [-0.1, -0.05) is 72.3 Å². The van der Waals surface area contributed by atoms with Crippen LogP contribution in [-0.4, -0.2) is 24.6 Å². The van der Waals surface area contributed by atoms with Crippen molar-refractivity contribution in [1.29, 1.82) is 0 Å². The number of rotatable bonds is 7. The van der Waals surface area contributed by atoms with Crippen LogP contribution in [0.1, 0.15) is 11.7 Å². The van der Waals surface area contributed by atoms with Crippen molar-refractivity contribution in [2.45, 2.75) is 6.10 Å². The number of halogens is 1. The third kappa shape index (κ3) is 5.76. The fourth-order valence-corrected chi connectivity index (χ4v) is 5.38. The Morgan fingerprint density at radius 3 is 2.21 bits per heavy atom. The number of ether oxygens (including phenoxy) is 2. The number of anilines is 3. The lowest BCUT2D eigenvalue weighted by molar-refractivity contribution is 0.174. The Hall–Kier alpha value is -4.94. The van der Waals surface area contributed by atoms with E-state index in [9.17, 15) is 5.11 Å². The molecule has 0 aliphatic carbocycles. The second kappa shape index (κ2) is 12.3. The lowest BCUT2D eigenvalue weighted by atomic mass is 9.92. The molecule has 1 aliphatic heterocycles. The van der Waals surface area contributed by atoms with Crippen LogP contribution in [0.5, 0.6) is 17.2 Å². The number of nitrogens with one attached hydrogen (secondary N) is 1. The summed E-state index contributed by atoms with van der Waals surface area (Å²) in [5.41, 5.74) is 4.39. The first-order chi connectivity index (χ1) is 20.6. The average Bonchev–Trinajstić information content (AvgIpc) is 3.18. The van der Waals surface area contributed by atoms with E-state index in [0.29, 0.717) is 23.1 Å². The largest absolute Gasteiger partial charge is 0.504 e. The van der Waals surface area contributed by atoms with E-state index in [1.54, 1.807) is 13.2 Å². The van der Waals surface area contributed by atoms with Crippen LogP contribution in [-0.2, 0) is 0 Å². The number of amidine groups is 1. The molecule has 0 fully saturated rings. The van der Waals surface area contributed by atoms with Crippen LogP contribution in [0.4, 0.5) is 22.7 Å².